The molecule has 0 bridgehead atoms. The maximum atomic E-state index is 11.8. The van der Waals surface area contributed by atoms with Crippen LogP contribution in [0.15, 0.2) is 55.4 Å². The van der Waals surface area contributed by atoms with Gasteiger partial charge < -0.3 is 9.88 Å². The quantitative estimate of drug-likeness (QED) is 0.761. The molecule has 0 atom stereocenters. The lowest BCUT2D eigenvalue weighted by atomic mass is 9.76. The Morgan fingerprint density at radius 3 is 2.56 bits per heavy atom. The van der Waals surface area contributed by atoms with E-state index in [1.165, 1.54) is 31.3 Å². The van der Waals surface area contributed by atoms with Crippen molar-refractivity contribution in [2.75, 3.05) is 11.9 Å². The highest BCUT2D eigenvalue weighted by Gasteiger charge is 2.24. The minimum atomic E-state index is -0.289. The highest BCUT2D eigenvalue weighted by atomic mass is 19.1. The molecule has 7 heteroatoms. The number of anilines is 1. The second-order valence-electron chi connectivity index (χ2n) is 6.68. The highest BCUT2D eigenvalue weighted by molar-refractivity contribution is 5.36. The molecule has 3 aromatic rings. The molecule has 3 aromatic heterocycles. The third kappa shape index (κ3) is 5.35. The molecule has 0 unspecified atom stereocenters. The normalized spacial score (nSPS) is 17.8. The molecule has 1 aliphatic rings. The fraction of sp³-hybridized carbons (Fsp3) is 0.300. The molecule has 1 saturated carbocycles. The lowest BCUT2D eigenvalue weighted by molar-refractivity contribution is 0.225. The van der Waals surface area contributed by atoms with Crippen molar-refractivity contribution in [2.45, 2.75) is 19.8 Å². The van der Waals surface area contributed by atoms with Crippen molar-refractivity contribution in [1.29, 1.82) is 5.26 Å². The zero-order chi connectivity index (χ0) is 19.1. The first-order valence-electron chi connectivity index (χ1n) is 8.84. The summed E-state index contributed by atoms with van der Waals surface area (Å²) in [5, 5.41) is 12.1. The standard InChI is InChI=1S/C15H17N5.C5H4FN/c1-11-4-13(5-11)7-17-15-18-8-14(9-19-15)20-3-2-12(6-16)10-20;6-5-2-1-3-7-4-5/h2-3,8-11,13H,4-5,7H2,1H3,(H,17,18,19);1-4H. The van der Waals surface area contributed by atoms with Gasteiger partial charge in [-0.15, -0.1) is 0 Å². The summed E-state index contributed by atoms with van der Waals surface area (Å²) in [7, 11) is 0. The van der Waals surface area contributed by atoms with Crippen LogP contribution in [0.4, 0.5) is 10.3 Å². The zero-order valence-corrected chi connectivity index (χ0v) is 15.1. The van der Waals surface area contributed by atoms with Crippen molar-refractivity contribution in [1.82, 2.24) is 19.5 Å². The van der Waals surface area contributed by atoms with E-state index in [4.69, 9.17) is 5.26 Å². The van der Waals surface area contributed by atoms with Crippen molar-refractivity contribution >= 4 is 5.95 Å². The average molecular weight is 364 g/mol. The minimum Gasteiger partial charge on any atom is -0.354 e. The predicted octanol–water partition coefficient (Wildman–Crippen LogP) is 3.82. The van der Waals surface area contributed by atoms with E-state index in [9.17, 15) is 4.39 Å². The first-order valence-corrected chi connectivity index (χ1v) is 8.84. The summed E-state index contributed by atoms with van der Waals surface area (Å²) in [4.78, 5) is 12.1. The predicted molar refractivity (Wildman–Crippen MR) is 101 cm³/mol. The van der Waals surface area contributed by atoms with E-state index in [0.717, 1.165) is 24.1 Å². The van der Waals surface area contributed by atoms with Crippen LogP contribution in [0.5, 0.6) is 0 Å². The molecule has 0 spiro atoms. The molecule has 0 saturated heterocycles. The molecule has 0 aromatic carbocycles. The molecule has 0 amide bonds. The lowest BCUT2D eigenvalue weighted by Gasteiger charge is -2.32. The van der Waals surface area contributed by atoms with Gasteiger partial charge in [-0.05, 0) is 42.9 Å². The van der Waals surface area contributed by atoms with Crippen LogP contribution in [0.3, 0.4) is 0 Å². The summed E-state index contributed by atoms with van der Waals surface area (Å²) >= 11 is 0. The molecule has 1 N–H and O–H groups in total. The van der Waals surface area contributed by atoms with Crippen LogP contribution in [0.25, 0.3) is 5.69 Å². The summed E-state index contributed by atoms with van der Waals surface area (Å²) in [5.74, 6) is 2.01. The van der Waals surface area contributed by atoms with Gasteiger partial charge in [-0.1, -0.05) is 6.92 Å². The van der Waals surface area contributed by atoms with Crippen LogP contribution in [0, 0.1) is 29.0 Å². The maximum Gasteiger partial charge on any atom is 0.222 e. The maximum absolute atomic E-state index is 11.8. The number of aromatic nitrogens is 4. The van der Waals surface area contributed by atoms with E-state index in [1.807, 2.05) is 10.8 Å². The SMILES string of the molecule is CC1CC(CNc2ncc(-n3ccc(C#N)c3)cn2)C1.Fc1cccnc1. The van der Waals surface area contributed by atoms with Crippen LogP contribution in [-0.2, 0) is 0 Å². The number of rotatable bonds is 4. The number of nitriles is 1. The Morgan fingerprint density at radius 1 is 1.26 bits per heavy atom. The van der Waals surface area contributed by atoms with Gasteiger partial charge in [-0.3, -0.25) is 4.98 Å². The van der Waals surface area contributed by atoms with Gasteiger partial charge in [0.25, 0.3) is 0 Å². The minimum absolute atomic E-state index is 0.289. The lowest BCUT2D eigenvalue weighted by Crippen LogP contribution is -2.28. The number of nitrogens with zero attached hydrogens (tertiary/aromatic N) is 5. The molecule has 3 heterocycles. The van der Waals surface area contributed by atoms with E-state index >= 15 is 0 Å². The molecule has 1 aliphatic carbocycles. The molecule has 0 radical (unpaired) electrons. The fourth-order valence-electron chi connectivity index (χ4n) is 2.98. The van der Waals surface area contributed by atoms with E-state index in [1.54, 1.807) is 30.7 Å². The highest BCUT2D eigenvalue weighted by Crippen LogP contribution is 2.32. The topological polar surface area (TPSA) is 79.4 Å². The van der Waals surface area contributed by atoms with Crippen molar-refractivity contribution < 1.29 is 4.39 Å². The molecular formula is C20H21FN6. The molecule has 0 aliphatic heterocycles. The summed E-state index contributed by atoms with van der Waals surface area (Å²) in [6, 6.07) is 6.78. The third-order valence-electron chi connectivity index (χ3n) is 4.40. The van der Waals surface area contributed by atoms with Crippen molar-refractivity contribution in [3.8, 4) is 11.8 Å². The molecule has 4 rings (SSSR count). The summed E-state index contributed by atoms with van der Waals surface area (Å²) < 4.78 is 13.7. The number of hydrogen-bond acceptors (Lipinski definition) is 5. The molecule has 6 nitrogen and oxygen atoms in total. The van der Waals surface area contributed by atoms with Gasteiger partial charge >= 0.3 is 0 Å². The Hall–Kier alpha value is -3.27. The van der Waals surface area contributed by atoms with Crippen LogP contribution in [-0.4, -0.2) is 26.1 Å². The number of hydrogen-bond donors (Lipinski definition) is 1. The number of nitrogens with one attached hydrogen (secondary N) is 1. The summed E-state index contributed by atoms with van der Waals surface area (Å²) in [5.41, 5.74) is 1.49. The fourth-order valence-corrected chi connectivity index (χ4v) is 2.98. The number of pyridine rings is 1. The van der Waals surface area contributed by atoms with Gasteiger partial charge in [0.05, 0.1) is 29.8 Å². The van der Waals surface area contributed by atoms with Gasteiger partial charge in [-0.25, -0.2) is 14.4 Å². The summed E-state index contributed by atoms with van der Waals surface area (Å²) in [6.07, 6.45) is 12.4. The monoisotopic (exact) mass is 364 g/mol. The number of halogens is 1. The summed E-state index contributed by atoms with van der Waals surface area (Å²) in [6.45, 7) is 3.24. The van der Waals surface area contributed by atoms with Gasteiger partial charge in [0.1, 0.15) is 11.9 Å². The largest absolute Gasteiger partial charge is 0.354 e. The van der Waals surface area contributed by atoms with Gasteiger partial charge in [-0.2, -0.15) is 5.26 Å². The van der Waals surface area contributed by atoms with Gasteiger partial charge in [0.15, 0.2) is 0 Å². The Kier molecular flexibility index (Phi) is 6.10. The smallest absolute Gasteiger partial charge is 0.222 e. The molecule has 1 fully saturated rings. The first kappa shape index (κ1) is 18.5. The zero-order valence-electron chi connectivity index (χ0n) is 15.1. The third-order valence-corrected chi connectivity index (χ3v) is 4.40. The van der Waals surface area contributed by atoms with E-state index in [0.29, 0.717) is 11.5 Å². The van der Waals surface area contributed by atoms with Gasteiger partial charge in [0, 0.05) is 25.1 Å². The molecule has 138 valence electrons. The van der Waals surface area contributed by atoms with Crippen molar-refractivity contribution in [3.63, 3.8) is 0 Å². The van der Waals surface area contributed by atoms with Crippen LogP contribution < -0.4 is 5.32 Å². The Morgan fingerprint density at radius 2 is 2.04 bits per heavy atom. The van der Waals surface area contributed by atoms with Crippen LogP contribution in [0.1, 0.15) is 25.3 Å². The van der Waals surface area contributed by atoms with E-state index in [-0.39, 0.29) is 5.82 Å². The van der Waals surface area contributed by atoms with E-state index in [2.05, 4.69) is 33.3 Å². The molecular weight excluding hydrogens is 343 g/mol. The van der Waals surface area contributed by atoms with Crippen molar-refractivity contribution in [2.24, 2.45) is 11.8 Å². The second kappa shape index (κ2) is 8.90. The Balaban J connectivity index is 0.000000253. The Bertz CT molecular complexity index is 879. The van der Waals surface area contributed by atoms with Crippen LogP contribution >= 0.6 is 0 Å². The Labute approximate surface area is 157 Å². The van der Waals surface area contributed by atoms with Crippen LogP contribution in [0.2, 0.25) is 0 Å². The van der Waals surface area contributed by atoms with Crippen molar-refractivity contribution in [3.05, 3.63) is 66.8 Å². The first-order chi connectivity index (χ1) is 13.1. The van der Waals surface area contributed by atoms with E-state index < -0.39 is 0 Å². The van der Waals surface area contributed by atoms with Gasteiger partial charge in [0.2, 0.25) is 5.95 Å². The average Bonchev–Trinajstić information content (AvgIpc) is 3.15. The molecule has 27 heavy (non-hydrogen) atoms. The second-order valence-corrected chi connectivity index (χ2v) is 6.68.